The molecule has 0 amide bonds. The molecule has 2 rings (SSSR count). The first-order chi connectivity index (χ1) is 7.31. The minimum Gasteiger partial charge on any atom is -0.445 e. The lowest BCUT2D eigenvalue weighted by atomic mass is 9.79. The average molecular weight is 237 g/mol. The van der Waals surface area contributed by atoms with E-state index in [9.17, 15) is 21.7 Å². The number of alkyl halides is 2. The van der Waals surface area contributed by atoms with Gasteiger partial charge >= 0.3 is 12.9 Å². The van der Waals surface area contributed by atoms with E-state index in [-0.39, 0.29) is 5.56 Å². The molecule has 1 heterocycles. The first-order valence-electron chi connectivity index (χ1n) is 4.60. The minimum atomic E-state index is -5.08. The van der Waals surface area contributed by atoms with Crippen molar-refractivity contribution in [3.8, 4) is 0 Å². The van der Waals surface area contributed by atoms with E-state index in [0.29, 0.717) is 0 Å². The summed E-state index contributed by atoms with van der Waals surface area (Å²) in [5.74, 6) is -2.98. The van der Waals surface area contributed by atoms with Crippen molar-refractivity contribution in [3.63, 3.8) is 0 Å². The first kappa shape index (κ1) is 11.4. The summed E-state index contributed by atoms with van der Waals surface area (Å²) >= 11 is 0. The van der Waals surface area contributed by atoms with Gasteiger partial charge in [0.25, 0.3) is 0 Å². The molecule has 88 valence electrons. The summed E-state index contributed by atoms with van der Waals surface area (Å²) in [7, 11) is 0. The van der Waals surface area contributed by atoms with Crippen molar-refractivity contribution < 1.29 is 26.5 Å². The van der Waals surface area contributed by atoms with Crippen molar-refractivity contribution in [3.05, 3.63) is 29.8 Å². The highest BCUT2D eigenvalue weighted by Gasteiger charge is 2.51. The number of ether oxygens (including phenoxy) is 1. The summed E-state index contributed by atoms with van der Waals surface area (Å²) in [4.78, 5) is 0. The molecule has 1 atom stereocenters. The Morgan fingerprint density at radius 3 is 2.00 bits per heavy atom. The summed E-state index contributed by atoms with van der Waals surface area (Å²) < 4.78 is 67.1. The van der Waals surface area contributed by atoms with Crippen LogP contribution in [0.5, 0.6) is 0 Å². The number of rotatable bonds is 2. The molecule has 1 aromatic rings. The van der Waals surface area contributed by atoms with Crippen LogP contribution < -0.4 is 5.46 Å². The molecule has 0 N–H and O–H groups in total. The normalized spacial score (nSPS) is 23.9. The van der Waals surface area contributed by atoms with E-state index >= 15 is 0 Å². The van der Waals surface area contributed by atoms with Gasteiger partial charge in [0.15, 0.2) is 0 Å². The van der Waals surface area contributed by atoms with Crippen molar-refractivity contribution >= 4 is 12.4 Å². The van der Waals surface area contributed by atoms with Gasteiger partial charge in [-0.3, -0.25) is 0 Å². The topological polar surface area (TPSA) is 9.23 Å². The Bertz CT molecular complexity index is 386. The summed E-state index contributed by atoms with van der Waals surface area (Å²) in [5.41, 5.74) is -0.730. The molecule has 0 radical (unpaired) electrons. The monoisotopic (exact) mass is 237 g/mol. The Kier molecular flexibility index (Phi) is 2.45. The van der Waals surface area contributed by atoms with Crippen LogP contribution in [0.4, 0.5) is 21.7 Å². The Hall–Kier alpha value is -1.11. The van der Waals surface area contributed by atoms with Crippen molar-refractivity contribution in [1.82, 2.24) is 0 Å². The van der Waals surface area contributed by atoms with Crippen molar-refractivity contribution in [1.29, 1.82) is 0 Å². The third kappa shape index (κ3) is 1.91. The molecular weight excluding hydrogens is 230 g/mol. The second kappa shape index (κ2) is 3.45. The van der Waals surface area contributed by atoms with Gasteiger partial charge in [0.05, 0.1) is 0 Å². The molecule has 0 saturated carbocycles. The number of hydrogen-bond donors (Lipinski definition) is 0. The van der Waals surface area contributed by atoms with E-state index in [1.165, 1.54) is 0 Å². The van der Waals surface area contributed by atoms with E-state index in [4.69, 9.17) is 0 Å². The number of halogens is 5. The second-order valence-electron chi connectivity index (χ2n) is 3.69. The van der Waals surface area contributed by atoms with Gasteiger partial charge in [-0.15, -0.1) is 5.46 Å². The lowest BCUT2D eigenvalue weighted by molar-refractivity contribution is -0.268. The van der Waals surface area contributed by atoms with Crippen LogP contribution >= 0.6 is 0 Å². The molecule has 1 fully saturated rings. The number of hydrogen-bond acceptors (Lipinski definition) is 1. The Morgan fingerprint density at radius 1 is 1.12 bits per heavy atom. The summed E-state index contributed by atoms with van der Waals surface area (Å²) in [6.07, 6.45) is -1.41. The quantitative estimate of drug-likeness (QED) is 0.567. The lowest BCUT2D eigenvalue weighted by Gasteiger charge is -2.36. The fraction of sp³-hybridized carbons (Fsp3) is 0.333. The molecule has 1 aliphatic rings. The van der Waals surface area contributed by atoms with Crippen LogP contribution in [-0.2, 0) is 4.74 Å². The maximum Gasteiger partial charge on any atom is 0.509 e. The molecular formula is C9H7BF5O-. The Labute approximate surface area is 88.3 Å². The summed E-state index contributed by atoms with van der Waals surface area (Å²) in [5, 5.41) is 0. The molecule has 1 nitrogen and oxygen atoms in total. The first-order valence-corrected chi connectivity index (χ1v) is 4.60. The van der Waals surface area contributed by atoms with Gasteiger partial charge in [-0.2, -0.15) is 0 Å². The van der Waals surface area contributed by atoms with Crippen LogP contribution in [0, 0.1) is 0 Å². The summed E-state index contributed by atoms with van der Waals surface area (Å²) in [6, 6.07) is 3.66. The van der Waals surface area contributed by atoms with Gasteiger partial charge in [-0.05, 0) is 5.56 Å². The predicted octanol–water partition coefficient (Wildman–Crippen LogP) is 2.45. The van der Waals surface area contributed by atoms with Crippen molar-refractivity contribution in [2.75, 3.05) is 6.61 Å². The van der Waals surface area contributed by atoms with Crippen molar-refractivity contribution in [2.45, 2.75) is 12.0 Å². The lowest BCUT2D eigenvalue weighted by Crippen LogP contribution is -2.44. The van der Waals surface area contributed by atoms with E-state index < -0.39 is 31.1 Å². The van der Waals surface area contributed by atoms with E-state index in [0.717, 1.165) is 24.3 Å². The fourth-order valence-electron chi connectivity index (χ4n) is 1.52. The predicted molar refractivity (Wildman–Crippen MR) is 48.8 cm³/mol. The van der Waals surface area contributed by atoms with Gasteiger partial charge in [-0.25, -0.2) is 8.78 Å². The zero-order chi connectivity index (χ0) is 12.0. The van der Waals surface area contributed by atoms with Crippen LogP contribution in [-0.4, -0.2) is 19.5 Å². The molecule has 0 aromatic heterocycles. The third-order valence-electron chi connectivity index (χ3n) is 2.44. The summed E-state index contributed by atoms with van der Waals surface area (Å²) in [6.45, 7) is -5.76. The van der Waals surface area contributed by atoms with Crippen molar-refractivity contribution in [2.24, 2.45) is 0 Å². The van der Waals surface area contributed by atoms with E-state index in [1.807, 2.05) is 0 Å². The van der Waals surface area contributed by atoms with Crippen LogP contribution in [0.15, 0.2) is 24.3 Å². The largest absolute Gasteiger partial charge is 0.509 e. The third-order valence-corrected chi connectivity index (χ3v) is 2.44. The molecule has 16 heavy (non-hydrogen) atoms. The van der Waals surface area contributed by atoms with Gasteiger partial charge in [0.2, 0.25) is 0 Å². The van der Waals surface area contributed by atoms with Crippen LogP contribution in [0.25, 0.3) is 0 Å². The van der Waals surface area contributed by atoms with Crippen LogP contribution in [0.2, 0.25) is 0 Å². The maximum absolute atomic E-state index is 12.9. The smallest absolute Gasteiger partial charge is 0.445 e. The van der Waals surface area contributed by atoms with Gasteiger partial charge in [-0.1, -0.05) is 24.3 Å². The standard InChI is InChI=1S/C9H7BF5O/c11-9(12)5-16-8(9)6-1-3-7(4-2-6)10(13,14)15/h1-4,8H,5H2/q-1. The van der Waals surface area contributed by atoms with Gasteiger partial charge in [0, 0.05) is 0 Å². The SMILES string of the molecule is F[B-](F)(F)c1ccc(C2OCC2(F)F)cc1. The molecule has 7 heteroatoms. The van der Waals surface area contributed by atoms with E-state index in [1.54, 1.807) is 0 Å². The zero-order valence-electron chi connectivity index (χ0n) is 7.97. The maximum atomic E-state index is 12.9. The molecule has 0 bridgehead atoms. The van der Waals surface area contributed by atoms with Gasteiger partial charge < -0.3 is 17.7 Å². The Balaban J connectivity index is 2.21. The minimum absolute atomic E-state index is 0.0695. The zero-order valence-corrected chi connectivity index (χ0v) is 7.97. The fourth-order valence-corrected chi connectivity index (χ4v) is 1.52. The molecule has 1 unspecified atom stereocenters. The van der Waals surface area contributed by atoms with E-state index in [2.05, 4.69) is 4.74 Å². The Morgan fingerprint density at radius 2 is 1.69 bits per heavy atom. The molecule has 1 aliphatic heterocycles. The highest BCUT2D eigenvalue weighted by Crippen LogP contribution is 2.43. The van der Waals surface area contributed by atoms with Gasteiger partial charge in [0.1, 0.15) is 12.7 Å². The molecule has 1 saturated heterocycles. The molecule has 1 aromatic carbocycles. The highest BCUT2D eigenvalue weighted by molar-refractivity contribution is 6.73. The second-order valence-corrected chi connectivity index (χ2v) is 3.69. The number of benzene rings is 1. The van der Waals surface area contributed by atoms with Crippen LogP contribution in [0.3, 0.4) is 0 Å². The highest BCUT2D eigenvalue weighted by atomic mass is 19.4. The molecule has 0 aliphatic carbocycles. The molecule has 0 spiro atoms. The van der Waals surface area contributed by atoms with Crippen LogP contribution in [0.1, 0.15) is 11.7 Å². The average Bonchev–Trinajstić information content (AvgIpc) is 2.16.